The Labute approximate surface area is 153 Å². The minimum atomic E-state index is -0.362. The van der Waals surface area contributed by atoms with Crippen molar-refractivity contribution in [3.05, 3.63) is 93.3 Å². The summed E-state index contributed by atoms with van der Waals surface area (Å²) in [5.74, 6) is 0. The average Bonchev–Trinajstić information content (AvgIpc) is 2.62. The van der Waals surface area contributed by atoms with Crippen LogP contribution in [0.25, 0.3) is 0 Å². The molecule has 0 aromatic heterocycles. The number of hydrogen-bond acceptors (Lipinski definition) is 4. The first kappa shape index (κ1) is 17.7. The number of allylic oxidation sites excluding steroid dienone is 1. The van der Waals surface area contributed by atoms with Crippen LogP contribution in [0.3, 0.4) is 0 Å². The van der Waals surface area contributed by atoms with Crippen molar-refractivity contribution in [3.63, 3.8) is 0 Å². The summed E-state index contributed by atoms with van der Waals surface area (Å²) in [6, 6.07) is 14.7. The molecule has 0 radical (unpaired) electrons. The molecule has 2 aromatic carbocycles. The van der Waals surface area contributed by atoms with Crippen molar-refractivity contribution in [2.24, 2.45) is 0 Å². The van der Waals surface area contributed by atoms with Gasteiger partial charge in [0.25, 0.3) is 5.70 Å². The van der Waals surface area contributed by atoms with Crippen LogP contribution in [-0.4, -0.2) is 11.5 Å². The van der Waals surface area contributed by atoms with Crippen LogP contribution < -0.4 is 10.2 Å². The van der Waals surface area contributed by atoms with E-state index < -0.39 is 0 Å². The van der Waals surface area contributed by atoms with Crippen LogP contribution in [0.15, 0.2) is 66.5 Å². The Morgan fingerprint density at radius 2 is 1.81 bits per heavy atom. The molecule has 134 valence electrons. The molecule has 0 saturated heterocycles. The van der Waals surface area contributed by atoms with Gasteiger partial charge < -0.3 is 10.2 Å². The number of nitro groups is 1. The number of rotatable bonds is 5. The molecular weight excluding hydrogens is 326 g/mol. The molecule has 0 saturated carbocycles. The van der Waals surface area contributed by atoms with Gasteiger partial charge in [-0.15, -0.1) is 0 Å². The van der Waals surface area contributed by atoms with E-state index in [4.69, 9.17) is 0 Å². The van der Waals surface area contributed by atoms with E-state index in [-0.39, 0.29) is 16.7 Å². The van der Waals surface area contributed by atoms with E-state index in [1.54, 1.807) is 12.3 Å². The molecule has 0 spiro atoms. The summed E-state index contributed by atoms with van der Waals surface area (Å²) < 4.78 is 0. The first-order chi connectivity index (χ1) is 12.4. The Bertz CT molecular complexity index is 869. The number of nitrogens with zero attached hydrogens (tertiary/aromatic N) is 2. The zero-order valence-electron chi connectivity index (χ0n) is 15.3. The summed E-state index contributed by atoms with van der Waals surface area (Å²) in [6.07, 6.45) is 4.95. The van der Waals surface area contributed by atoms with Crippen LogP contribution in [-0.2, 0) is 0 Å². The third-order valence-electron chi connectivity index (χ3n) is 4.50. The standard InChI is InChI=1S/C21H23N3O2/c1-15-6-9-18(10-7-15)17(3)22-20-13-16(2)8-11-21(20)23-12-4-5-19(14-23)24(25)26/h4-11,13-14,17,22H,12H2,1-3H3/t17-/m0/s1. The molecule has 0 amide bonds. The van der Waals surface area contributed by atoms with E-state index in [9.17, 15) is 10.1 Å². The molecule has 2 aromatic rings. The average molecular weight is 349 g/mol. The molecule has 1 N–H and O–H groups in total. The molecule has 1 atom stereocenters. The monoisotopic (exact) mass is 349 g/mol. The first-order valence-corrected chi connectivity index (χ1v) is 8.67. The normalized spacial score (nSPS) is 14.7. The van der Waals surface area contributed by atoms with Crippen molar-refractivity contribution in [2.45, 2.75) is 26.8 Å². The van der Waals surface area contributed by atoms with Crippen molar-refractivity contribution in [1.82, 2.24) is 0 Å². The molecule has 0 fully saturated rings. The van der Waals surface area contributed by atoms with Crippen molar-refractivity contribution < 1.29 is 4.92 Å². The Morgan fingerprint density at radius 3 is 2.50 bits per heavy atom. The van der Waals surface area contributed by atoms with E-state index in [0.717, 1.165) is 16.9 Å². The number of aryl methyl sites for hydroxylation is 2. The summed E-state index contributed by atoms with van der Waals surface area (Å²) in [5.41, 5.74) is 5.55. The van der Waals surface area contributed by atoms with Crippen LogP contribution in [0.4, 0.5) is 11.4 Å². The maximum absolute atomic E-state index is 11.1. The SMILES string of the molecule is Cc1ccc([C@H](C)Nc2cc(C)ccc2N2C=C([N+](=O)[O-])C=CC2)cc1. The van der Waals surface area contributed by atoms with Gasteiger partial charge in [-0.3, -0.25) is 10.1 Å². The lowest BCUT2D eigenvalue weighted by molar-refractivity contribution is -0.419. The fraction of sp³-hybridized carbons (Fsp3) is 0.238. The second-order valence-electron chi connectivity index (χ2n) is 6.66. The highest BCUT2D eigenvalue weighted by Gasteiger charge is 2.18. The lowest BCUT2D eigenvalue weighted by atomic mass is 10.1. The minimum absolute atomic E-state index is 0.0920. The Kier molecular flexibility index (Phi) is 5.07. The van der Waals surface area contributed by atoms with Gasteiger partial charge in [-0.05, 0) is 44.0 Å². The molecule has 5 heteroatoms. The molecule has 1 aliphatic heterocycles. The largest absolute Gasteiger partial charge is 0.377 e. The topological polar surface area (TPSA) is 58.4 Å². The molecule has 0 bridgehead atoms. The molecule has 3 rings (SSSR count). The van der Waals surface area contributed by atoms with Gasteiger partial charge in [0.05, 0.1) is 22.5 Å². The van der Waals surface area contributed by atoms with E-state index >= 15 is 0 Å². The van der Waals surface area contributed by atoms with E-state index in [1.807, 2.05) is 30.0 Å². The fourth-order valence-electron chi connectivity index (χ4n) is 3.01. The third kappa shape index (κ3) is 3.94. The van der Waals surface area contributed by atoms with Gasteiger partial charge in [0.15, 0.2) is 0 Å². The zero-order chi connectivity index (χ0) is 18.7. The number of anilines is 2. The predicted molar refractivity (Wildman–Crippen MR) is 106 cm³/mol. The molecule has 5 nitrogen and oxygen atoms in total. The molecule has 0 unspecified atom stereocenters. The maximum Gasteiger partial charge on any atom is 0.285 e. The summed E-state index contributed by atoms with van der Waals surface area (Å²) in [5, 5.41) is 14.7. The second-order valence-corrected chi connectivity index (χ2v) is 6.66. The highest BCUT2D eigenvalue weighted by Crippen LogP contribution is 2.32. The Balaban J connectivity index is 1.90. The summed E-state index contributed by atoms with van der Waals surface area (Å²) in [7, 11) is 0. The maximum atomic E-state index is 11.1. The molecule has 26 heavy (non-hydrogen) atoms. The van der Waals surface area contributed by atoms with Crippen LogP contribution in [0.2, 0.25) is 0 Å². The van der Waals surface area contributed by atoms with Gasteiger partial charge in [0.2, 0.25) is 0 Å². The van der Waals surface area contributed by atoms with Crippen LogP contribution >= 0.6 is 0 Å². The van der Waals surface area contributed by atoms with Gasteiger partial charge in [-0.25, -0.2) is 0 Å². The van der Waals surface area contributed by atoms with Crippen LogP contribution in [0.5, 0.6) is 0 Å². The van der Waals surface area contributed by atoms with Gasteiger partial charge in [0.1, 0.15) is 0 Å². The van der Waals surface area contributed by atoms with E-state index in [1.165, 1.54) is 11.1 Å². The van der Waals surface area contributed by atoms with Gasteiger partial charge >= 0.3 is 0 Å². The molecule has 0 aliphatic carbocycles. The third-order valence-corrected chi connectivity index (χ3v) is 4.50. The molecule has 1 aliphatic rings. The van der Waals surface area contributed by atoms with Crippen molar-refractivity contribution in [1.29, 1.82) is 0 Å². The van der Waals surface area contributed by atoms with Gasteiger partial charge in [-0.1, -0.05) is 42.0 Å². The van der Waals surface area contributed by atoms with Gasteiger partial charge in [-0.2, -0.15) is 0 Å². The van der Waals surface area contributed by atoms with Crippen LogP contribution in [0, 0.1) is 24.0 Å². The van der Waals surface area contributed by atoms with Gasteiger partial charge in [0, 0.05) is 18.7 Å². The highest BCUT2D eigenvalue weighted by molar-refractivity contribution is 5.73. The van der Waals surface area contributed by atoms with E-state index in [0.29, 0.717) is 6.54 Å². The predicted octanol–water partition coefficient (Wildman–Crippen LogP) is 4.97. The molecular formula is C21H23N3O2. The summed E-state index contributed by atoms with van der Waals surface area (Å²) in [4.78, 5) is 12.6. The molecule has 1 heterocycles. The Morgan fingerprint density at radius 1 is 1.12 bits per heavy atom. The lowest BCUT2D eigenvalue weighted by Gasteiger charge is -2.26. The summed E-state index contributed by atoms with van der Waals surface area (Å²) in [6.45, 7) is 6.84. The number of benzene rings is 2. The first-order valence-electron chi connectivity index (χ1n) is 8.67. The van der Waals surface area contributed by atoms with Crippen molar-refractivity contribution in [3.8, 4) is 0 Å². The zero-order valence-corrected chi connectivity index (χ0v) is 15.3. The van der Waals surface area contributed by atoms with Crippen molar-refractivity contribution in [2.75, 3.05) is 16.8 Å². The van der Waals surface area contributed by atoms with Crippen molar-refractivity contribution >= 4 is 11.4 Å². The highest BCUT2D eigenvalue weighted by atomic mass is 16.6. The lowest BCUT2D eigenvalue weighted by Crippen LogP contribution is -2.22. The fourth-order valence-corrected chi connectivity index (χ4v) is 3.01. The second kappa shape index (κ2) is 7.44. The quantitative estimate of drug-likeness (QED) is 0.611. The summed E-state index contributed by atoms with van der Waals surface area (Å²) >= 11 is 0. The Hall–Kier alpha value is -3.08. The number of hydrogen-bond donors (Lipinski definition) is 1. The minimum Gasteiger partial charge on any atom is -0.377 e. The van der Waals surface area contributed by atoms with E-state index in [2.05, 4.69) is 49.5 Å². The van der Waals surface area contributed by atoms with Crippen LogP contribution in [0.1, 0.15) is 29.7 Å². The smallest absolute Gasteiger partial charge is 0.285 e. The number of nitrogens with one attached hydrogen (secondary N) is 1.